The normalized spacial score (nSPS) is 49.1. The minimum atomic E-state index is -1.29. The minimum absolute atomic E-state index is 0.257. The van der Waals surface area contributed by atoms with Crippen molar-refractivity contribution in [3.8, 4) is 0 Å². The maximum absolute atomic E-state index is 10.9. The molecule has 1 aliphatic carbocycles. The second-order valence-electron chi connectivity index (χ2n) is 3.29. The van der Waals surface area contributed by atoms with Crippen molar-refractivity contribution in [3.63, 3.8) is 0 Å². The van der Waals surface area contributed by atoms with Crippen LogP contribution in [0.4, 0.5) is 0 Å². The lowest BCUT2D eigenvalue weighted by atomic mass is 9.84. The number of ether oxygens (including phenoxy) is 1. The molecule has 1 heterocycles. The van der Waals surface area contributed by atoms with E-state index in [0.29, 0.717) is 12.8 Å². The number of aliphatic hydroxyl groups excluding tert-OH is 1. The van der Waals surface area contributed by atoms with Gasteiger partial charge in [-0.15, -0.1) is 0 Å². The molecule has 11 heavy (non-hydrogen) atoms. The number of rotatable bonds is 0. The highest BCUT2D eigenvalue weighted by Gasteiger charge is 2.53. The van der Waals surface area contributed by atoms with E-state index < -0.39 is 23.8 Å². The van der Waals surface area contributed by atoms with Crippen LogP contribution in [0.1, 0.15) is 19.3 Å². The molecule has 0 aromatic rings. The van der Waals surface area contributed by atoms with Gasteiger partial charge in [0.2, 0.25) is 0 Å². The number of aliphatic hydroxyl groups is 2. The molecule has 3 unspecified atom stereocenters. The molecule has 1 saturated heterocycles. The Morgan fingerprint density at radius 3 is 3.00 bits per heavy atom. The van der Waals surface area contributed by atoms with Crippen molar-refractivity contribution in [2.75, 3.05) is 0 Å². The first-order valence-electron chi connectivity index (χ1n) is 3.73. The Bertz CT molecular complexity index is 203. The first kappa shape index (κ1) is 7.06. The number of hydrogen-bond donors (Lipinski definition) is 2. The van der Waals surface area contributed by atoms with Gasteiger partial charge in [-0.1, -0.05) is 0 Å². The monoisotopic (exact) mass is 158 g/mol. The third-order valence-corrected chi connectivity index (χ3v) is 2.46. The second kappa shape index (κ2) is 1.95. The fourth-order valence-electron chi connectivity index (χ4n) is 1.70. The summed E-state index contributed by atoms with van der Waals surface area (Å²) in [6.07, 6.45) is -0.0216. The van der Waals surface area contributed by atoms with E-state index in [0.717, 1.165) is 0 Å². The summed E-state index contributed by atoms with van der Waals surface area (Å²) < 4.78 is 4.76. The molecule has 0 aromatic carbocycles. The van der Waals surface area contributed by atoms with Crippen LogP contribution in [0.5, 0.6) is 0 Å². The van der Waals surface area contributed by atoms with E-state index in [9.17, 15) is 15.0 Å². The van der Waals surface area contributed by atoms with Crippen LogP contribution in [0.25, 0.3) is 0 Å². The predicted octanol–water partition coefficient (Wildman–Crippen LogP) is -0.812. The topological polar surface area (TPSA) is 66.8 Å². The van der Waals surface area contributed by atoms with Crippen LogP contribution in [0.2, 0.25) is 0 Å². The van der Waals surface area contributed by atoms with Gasteiger partial charge in [0.15, 0.2) is 5.60 Å². The Kier molecular flexibility index (Phi) is 1.25. The summed E-state index contributed by atoms with van der Waals surface area (Å²) in [5.41, 5.74) is -1.29. The van der Waals surface area contributed by atoms with Crippen molar-refractivity contribution < 1.29 is 19.7 Å². The molecule has 0 amide bonds. The van der Waals surface area contributed by atoms with Gasteiger partial charge >= 0.3 is 5.97 Å². The number of carbonyl (C=O) groups is 1. The van der Waals surface area contributed by atoms with Crippen LogP contribution in [-0.2, 0) is 9.53 Å². The molecule has 0 radical (unpaired) electrons. The highest BCUT2D eigenvalue weighted by atomic mass is 16.6. The standard InChI is InChI=1S/C7H10O4/c8-4-1-2-7(10)3-5(4)11-6(7)9/h4-5,8,10H,1-3H2. The Labute approximate surface area is 63.8 Å². The van der Waals surface area contributed by atoms with E-state index in [1.165, 1.54) is 0 Å². The lowest BCUT2D eigenvalue weighted by Gasteiger charge is -2.25. The summed E-state index contributed by atoms with van der Waals surface area (Å²) in [5, 5.41) is 18.8. The van der Waals surface area contributed by atoms with Gasteiger partial charge in [0.05, 0.1) is 6.10 Å². The molecule has 2 rings (SSSR count). The lowest BCUT2D eigenvalue weighted by Crippen LogP contribution is -2.39. The zero-order valence-corrected chi connectivity index (χ0v) is 5.99. The summed E-state index contributed by atoms with van der Waals surface area (Å²) in [6.45, 7) is 0. The highest BCUT2D eigenvalue weighted by Crippen LogP contribution is 2.37. The quantitative estimate of drug-likeness (QED) is 0.452. The van der Waals surface area contributed by atoms with E-state index >= 15 is 0 Å². The van der Waals surface area contributed by atoms with E-state index in [-0.39, 0.29) is 6.42 Å². The maximum atomic E-state index is 10.9. The molecule has 4 nitrogen and oxygen atoms in total. The Balaban J connectivity index is 2.24. The molecule has 2 fully saturated rings. The van der Waals surface area contributed by atoms with Crippen LogP contribution < -0.4 is 0 Å². The minimum Gasteiger partial charge on any atom is -0.457 e. The molecular weight excluding hydrogens is 148 g/mol. The predicted molar refractivity (Wildman–Crippen MR) is 34.7 cm³/mol. The molecule has 2 N–H and O–H groups in total. The number of esters is 1. The summed E-state index contributed by atoms with van der Waals surface area (Å²) in [7, 11) is 0. The molecule has 1 aliphatic heterocycles. The Morgan fingerprint density at radius 1 is 1.64 bits per heavy atom. The van der Waals surface area contributed by atoms with Gasteiger partial charge in [-0.3, -0.25) is 0 Å². The fraction of sp³-hybridized carbons (Fsp3) is 0.857. The third-order valence-electron chi connectivity index (χ3n) is 2.46. The summed E-state index contributed by atoms with van der Waals surface area (Å²) in [6, 6.07) is 0. The van der Waals surface area contributed by atoms with Gasteiger partial charge in [-0.25, -0.2) is 4.79 Å². The average Bonchev–Trinajstić information content (AvgIpc) is 2.20. The average molecular weight is 158 g/mol. The van der Waals surface area contributed by atoms with Crippen LogP contribution >= 0.6 is 0 Å². The van der Waals surface area contributed by atoms with Crippen molar-refractivity contribution in [3.05, 3.63) is 0 Å². The third kappa shape index (κ3) is 0.862. The van der Waals surface area contributed by atoms with Gasteiger partial charge in [0, 0.05) is 6.42 Å². The van der Waals surface area contributed by atoms with Crippen LogP contribution in [0.15, 0.2) is 0 Å². The molecule has 2 aliphatic rings. The van der Waals surface area contributed by atoms with Crippen molar-refractivity contribution in [1.29, 1.82) is 0 Å². The number of carbonyl (C=O) groups excluding carboxylic acids is 1. The largest absolute Gasteiger partial charge is 0.457 e. The van der Waals surface area contributed by atoms with E-state index in [1.807, 2.05) is 0 Å². The van der Waals surface area contributed by atoms with Crippen LogP contribution in [0.3, 0.4) is 0 Å². The first-order chi connectivity index (χ1) is 5.12. The van der Waals surface area contributed by atoms with Crippen LogP contribution in [-0.4, -0.2) is 34.0 Å². The van der Waals surface area contributed by atoms with Gasteiger partial charge in [-0.2, -0.15) is 0 Å². The van der Waals surface area contributed by atoms with E-state index in [1.54, 1.807) is 0 Å². The zero-order valence-electron chi connectivity index (χ0n) is 5.99. The maximum Gasteiger partial charge on any atom is 0.338 e. The molecule has 4 heteroatoms. The van der Waals surface area contributed by atoms with Crippen molar-refractivity contribution in [2.45, 2.75) is 37.1 Å². The number of hydrogen-bond acceptors (Lipinski definition) is 4. The number of fused-ring (bicyclic) bond motifs is 2. The highest BCUT2D eigenvalue weighted by molar-refractivity contribution is 5.82. The van der Waals surface area contributed by atoms with Crippen molar-refractivity contribution in [2.24, 2.45) is 0 Å². The Hall–Kier alpha value is -0.610. The van der Waals surface area contributed by atoms with Gasteiger partial charge in [0.25, 0.3) is 0 Å². The van der Waals surface area contributed by atoms with E-state index in [2.05, 4.69) is 0 Å². The summed E-state index contributed by atoms with van der Waals surface area (Å²) in [4.78, 5) is 10.9. The molecule has 2 bridgehead atoms. The Morgan fingerprint density at radius 2 is 2.36 bits per heavy atom. The zero-order chi connectivity index (χ0) is 8.06. The van der Waals surface area contributed by atoms with E-state index in [4.69, 9.17) is 4.74 Å². The molecular formula is C7H10O4. The molecule has 3 atom stereocenters. The SMILES string of the molecule is O=C1OC2CC1(O)CCC2O. The van der Waals surface area contributed by atoms with Crippen LogP contribution in [0, 0.1) is 0 Å². The van der Waals surface area contributed by atoms with Crippen molar-refractivity contribution >= 4 is 5.97 Å². The summed E-state index contributed by atoms with van der Waals surface area (Å²) >= 11 is 0. The second-order valence-corrected chi connectivity index (χ2v) is 3.29. The molecule has 0 aromatic heterocycles. The van der Waals surface area contributed by atoms with Gasteiger partial charge in [0.1, 0.15) is 6.10 Å². The first-order valence-corrected chi connectivity index (χ1v) is 3.73. The van der Waals surface area contributed by atoms with Crippen molar-refractivity contribution in [1.82, 2.24) is 0 Å². The lowest BCUT2D eigenvalue weighted by molar-refractivity contribution is -0.154. The van der Waals surface area contributed by atoms with Gasteiger partial charge < -0.3 is 14.9 Å². The molecule has 62 valence electrons. The smallest absolute Gasteiger partial charge is 0.338 e. The van der Waals surface area contributed by atoms with Gasteiger partial charge in [-0.05, 0) is 12.8 Å². The fourth-order valence-corrected chi connectivity index (χ4v) is 1.70. The molecule has 1 saturated carbocycles. The summed E-state index contributed by atoms with van der Waals surface area (Å²) in [5.74, 6) is -0.570. The molecule has 0 spiro atoms.